The summed E-state index contributed by atoms with van der Waals surface area (Å²) in [6.45, 7) is 11.5. The molecular weight excluding hydrogens is 348 g/mol. The lowest BCUT2D eigenvalue weighted by Crippen LogP contribution is -2.27. The number of rotatable bonds is 5. The van der Waals surface area contributed by atoms with Crippen LogP contribution in [0.15, 0.2) is 36.0 Å². The molecule has 0 aromatic rings. The minimum Gasteiger partial charge on any atom is -0.461 e. The number of Topliss-reactive ketones (excluding diaryl/α,β-unsaturated/α-hetero) is 1. The molecule has 2 aliphatic rings. The molecule has 1 saturated heterocycles. The normalized spacial score (nSPS) is 29.4. The van der Waals surface area contributed by atoms with Crippen molar-refractivity contribution in [1.29, 1.82) is 0 Å². The van der Waals surface area contributed by atoms with E-state index in [0.29, 0.717) is 24.8 Å². The van der Waals surface area contributed by atoms with E-state index in [9.17, 15) is 14.4 Å². The molecule has 0 radical (unpaired) electrons. The van der Waals surface area contributed by atoms with Crippen molar-refractivity contribution in [3.05, 3.63) is 36.0 Å². The fourth-order valence-electron chi connectivity index (χ4n) is 3.19. The number of hydrogen-bond donors (Lipinski definition) is 0. The van der Waals surface area contributed by atoms with Crippen LogP contribution in [0.5, 0.6) is 0 Å². The maximum absolute atomic E-state index is 12.5. The molecule has 1 fully saturated rings. The number of ether oxygens (including phenoxy) is 3. The molecule has 0 N–H and O–H groups in total. The first-order chi connectivity index (χ1) is 12.8. The first-order valence-corrected chi connectivity index (χ1v) is 9.29. The van der Waals surface area contributed by atoms with E-state index in [0.717, 1.165) is 5.57 Å². The van der Waals surface area contributed by atoms with Gasteiger partial charge in [0.2, 0.25) is 0 Å². The predicted molar refractivity (Wildman–Crippen MR) is 99.8 cm³/mol. The zero-order chi connectivity index (χ0) is 20.1. The molecule has 1 aliphatic heterocycles. The average Bonchev–Trinajstić information content (AvgIpc) is 2.91. The van der Waals surface area contributed by atoms with Crippen molar-refractivity contribution in [3.8, 4) is 0 Å². The summed E-state index contributed by atoms with van der Waals surface area (Å²) in [7, 11) is 1.53. The van der Waals surface area contributed by atoms with Gasteiger partial charge in [-0.05, 0) is 30.9 Å². The minimum absolute atomic E-state index is 0.0877. The summed E-state index contributed by atoms with van der Waals surface area (Å²) in [5.74, 6) is -1.54. The van der Waals surface area contributed by atoms with Gasteiger partial charge in [-0.2, -0.15) is 0 Å². The van der Waals surface area contributed by atoms with E-state index in [1.54, 1.807) is 6.08 Å². The minimum atomic E-state index is -0.585. The molecule has 1 heterocycles. The van der Waals surface area contributed by atoms with Crippen LogP contribution in [0.4, 0.5) is 0 Å². The van der Waals surface area contributed by atoms with Crippen LogP contribution in [-0.4, -0.2) is 43.6 Å². The molecule has 0 aromatic carbocycles. The third-order valence-corrected chi connectivity index (χ3v) is 5.33. The maximum atomic E-state index is 12.5. The number of carbonyl (C=O) groups is 3. The third kappa shape index (κ3) is 4.95. The summed E-state index contributed by atoms with van der Waals surface area (Å²) in [5, 5.41) is 0. The highest BCUT2D eigenvalue weighted by atomic mass is 16.6. The Morgan fingerprint density at radius 2 is 2.04 bits per heavy atom. The van der Waals surface area contributed by atoms with Crippen molar-refractivity contribution in [2.45, 2.75) is 51.7 Å². The van der Waals surface area contributed by atoms with Crippen LogP contribution in [0.2, 0.25) is 0 Å². The highest BCUT2D eigenvalue weighted by molar-refractivity contribution is 5.98. The van der Waals surface area contributed by atoms with Gasteiger partial charge in [-0.25, -0.2) is 4.79 Å². The average molecular weight is 376 g/mol. The van der Waals surface area contributed by atoms with Crippen LogP contribution < -0.4 is 0 Å². The summed E-state index contributed by atoms with van der Waals surface area (Å²) in [4.78, 5) is 36.5. The van der Waals surface area contributed by atoms with Crippen LogP contribution in [0.25, 0.3) is 0 Å². The third-order valence-electron chi connectivity index (χ3n) is 5.33. The van der Waals surface area contributed by atoms with E-state index in [4.69, 9.17) is 14.2 Å². The number of esters is 2. The lowest BCUT2D eigenvalue weighted by molar-refractivity contribution is -0.147. The quantitative estimate of drug-likeness (QED) is 0.417. The largest absolute Gasteiger partial charge is 0.461 e. The van der Waals surface area contributed by atoms with Gasteiger partial charge in [0.1, 0.15) is 12.7 Å². The molecule has 0 unspecified atom stereocenters. The first-order valence-electron chi connectivity index (χ1n) is 9.29. The van der Waals surface area contributed by atoms with Gasteiger partial charge >= 0.3 is 11.9 Å². The van der Waals surface area contributed by atoms with Gasteiger partial charge in [-0.15, -0.1) is 0 Å². The van der Waals surface area contributed by atoms with Crippen molar-refractivity contribution in [3.63, 3.8) is 0 Å². The molecule has 148 valence electrons. The summed E-state index contributed by atoms with van der Waals surface area (Å²) in [6, 6.07) is 0. The lowest BCUT2D eigenvalue weighted by Gasteiger charge is -2.23. The van der Waals surface area contributed by atoms with Gasteiger partial charge in [0.25, 0.3) is 0 Å². The molecule has 1 aliphatic carbocycles. The van der Waals surface area contributed by atoms with Crippen molar-refractivity contribution in [1.82, 2.24) is 0 Å². The second kappa shape index (κ2) is 9.13. The fraction of sp³-hybridized carbons (Fsp3) is 0.571. The molecule has 0 amide bonds. The van der Waals surface area contributed by atoms with Gasteiger partial charge in [0.15, 0.2) is 5.78 Å². The summed E-state index contributed by atoms with van der Waals surface area (Å²) in [6.07, 6.45) is 2.63. The molecule has 27 heavy (non-hydrogen) atoms. The van der Waals surface area contributed by atoms with Crippen molar-refractivity contribution >= 4 is 17.7 Å². The van der Waals surface area contributed by atoms with E-state index < -0.39 is 24.1 Å². The molecule has 2 rings (SSSR count). The highest BCUT2D eigenvalue weighted by Crippen LogP contribution is 2.34. The summed E-state index contributed by atoms with van der Waals surface area (Å²) >= 11 is 0. The van der Waals surface area contributed by atoms with Crippen molar-refractivity contribution in [2.75, 3.05) is 13.7 Å². The number of methoxy groups -OCH3 is 1. The molecular formula is C21H28O6. The zero-order valence-electron chi connectivity index (χ0n) is 16.3. The van der Waals surface area contributed by atoms with Crippen LogP contribution in [-0.2, 0) is 28.6 Å². The number of fused-ring (bicyclic) bond motifs is 1. The molecule has 0 bridgehead atoms. The SMILES string of the molecule is C=C1C(=O)C[C@H]2C(=C)C(=O)O[C@@H]2/C=C(\COC(=O)[C@H](C)CC)CC[C@H]1OC. The predicted octanol–water partition coefficient (Wildman–Crippen LogP) is 2.92. The summed E-state index contributed by atoms with van der Waals surface area (Å²) < 4.78 is 16.2. The Balaban J connectivity index is 2.26. The Morgan fingerprint density at radius 1 is 1.33 bits per heavy atom. The Morgan fingerprint density at radius 3 is 2.67 bits per heavy atom. The van der Waals surface area contributed by atoms with Crippen molar-refractivity contribution in [2.24, 2.45) is 11.8 Å². The monoisotopic (exact) mass is 376 g/mol. The fourth-order valence-corrected chi connectivity index (χ4v) is 3.19. The van der Waals surface area contributed by atoms with E-state index in [1.165, 1.54) is 7.11 Å². The number of carbonyl (C=O) groups excluding carboxylic acids is 3. The van der Waals surface area contributed by atoms with E-state index in [2.05, 4.69) is 13.2 Å². The van der Waals surface area contributed by atoms with Gasteiger partial charge in [0, 0.05) is 30.6 Å². The first kappa shape index (κ1) is 21.1. The lowest BCUT2D eigenvalue weighted by atomic mass is 9.85. The van der Waals surface area contributed by atoms with Gasteiger partial charge in [0.05, 0.1) is 12.0 Å². The standard InChI is InChI=1S/C21H28O6/c1-6-12(2)20(23)26-11-15-7-8-18(25-5)14(4)17(22)10-16-13(3)21(24)27-19(16)9-15/h9,12,16,18-19H,3-4,6-8,10-11H2,1-2,5H3/b15-9-/t12-,16+,18-,19-/m1/s1. The van der Waals surface area contributed by atoms with Gasteiger partial charge < -0.3 is 14.2 Å². The topological polar surface area (TPSA) is 78.9 Å². The summed E-state index contributed by atoms with van der Waals surface area (Å²) in [5.41, 5.74) is 1.48. The maximum Gasteiger partial charge on any atom is 0.334 e. The Bertz CT molecular complexity index is 674. The molecule has 0 spiro atoms. The Kier molecular flexibility index (Phi) is 7.13. The molecule has 4 atom stereocenters. The van der Waals surface area contributed by atoms with E-state index >= 15 is 0 Å². The second-order valence-corrected chi connectivity index (χ2v) is 7.16. The Hall–Kier alpha value is -2.21. The van der Waals surface area contributed by atoms with Crippen LogP contribution >= 0.6 is 0 Å². The molecule has 0 aromatic heterocycles. The van der Waals surface area contributed by atoms with E-state index in [1.807, 2.05) is 13.8 Å². The van der Waals surface area contributed by atoms with Gasteiger partial charge in [-0.1, -0.05) is 27.0 Å². The molecule has 6 nitrogen and oxygen atoms in total. The zero-order valence-corrected chi connectivity index (χ0v) is 16.3. The smallest absolute Gasteiger partial charge is 0.334 e. The van der Waals surface area contributed by atoms with Crippen LogP contribution in [0.1, 0.15) is 39.5 Å². The highest BCUT2D eigenvalue weighted by Gasteiger charge is 2.40. The van der Waals surface area contributed by atoms with Gasteiger partial charge in [-0.3, -0.25) is 9.59 Å². The molecule has 0 saturated carbocycles. The Labute approximate surface area is 160 Å². The van der Waals surface area contributed by atoms with Crippen LogP contribution in [0, 0.1) is 11.8 Å². The molecule has 6 heteroatoms. The number of hydrogen-bond acceptors (Lipinski definition) is 6. The van der Waals surface area contributed by atoms with Crippen LogP contribution in [0.3, 0.4) is 0 Å². The number of ketones is 1. The second-order valence-electron chi connectivity index (χ2n) is 7.16. The van der Waals surface area contributed by atoms with Crippen molar-refractivity contribution < 1.29 is 28.6 Å². The van der Waals surface area contributed by atoms with E-state index in [-0.39, 0.29) is 36.3 Å².